The first-order valence-electron chi connectivity index (χ1n) is 11.9. The zero-order chi connectivity index (χ0) is 24.6. The van der Waals surface area contributed by atoms with Gasteiger partial charge in [-0.3, -0.25) is 9.59 Å². The highest BCUT2D eigenvalue weighted by molar-refractivity contribution is 5.82. The highest BCUT2D eigenvalue weighted by atomic mass is 16.6. The van der Waals surface area contributed by atoms with Crippen LogP contribution in [0.4, 0.5) is 4.79 Å². The first-order chi connectivity index (χ1) is 15.5. The normalized spacial score (nSPS) is 21.7. The summed E-state index contributed by atoms with van der Waals surface area (Å²) in [6.07, 6.45) is 2.35. The second-order valence-corrected chi connectivity index (χ2v) is 10.4. The molecule has 1 aliphatic rings. The van der Waals surface area contributed by atoms with Gasteiger partial charge in [0, 0.05) is 0 Å². The predicted molar refractivity (Wildman–Crippen MR) is 127 cm³/mol. The third kappa shape index (κ3) is 9.06. The van der Waals surface area contributed by atoms with Crippen molar-refractivity contribution < 1.29 is 23.9 Å². The van der Waals surface area contributed by atoms with Gasteiger partial charge < -0.3 is 20.1 Å². The summed E-state index contributed by atoms with van der Waals surface area (Å²) < 4.78 is 10.9. The van der Waals surface area contributed by atoms with Gasteiger partial charge in [0.15, 0.2) is 0 Å². The van der Waals surface area contributed by atoms with Crippen molar-refractivity contribution in [3.05, 3.63) is 35.9 Å². The van der Waals surface area contributed by atoms with Crippen molar-refractivity contribution in [2.75, 3.05) is 13.2 Å². The summed E-state index contributed by atoms with van der Waals surface area (Å²) in [6.45, 7) is 11.6. The van der Waals surface area contributed by atoms with E-state index >= 15 is 0 Å². The lowest BCUT2D eigenvalue weighted by atomic mass is 9.70. The molecule has 7 nitrogen and oxygen atoms in total. The topological polar surface area (TPSA) is 93.7 Å². The monoisotopic (exact) mass is 460 g/mol. The lowest BCUT2D eigenvalue weighted by Crippen LogP contribution is -2.42. The molecule has 0 radical (unpaired) electrons. The molecule has 1 fully saturated rings. The molecular formula is C26H40N2O5. The maximum Gasteiger partial charge on any atom is 0.408 e. The summed E-state index contributed by atoms with van der Waals surface area (Å²) in [7, 11) is 0. The SMILES string of the molecule is CC1CC[C@@H](C(C)C)[C@H](C(=O)OC[C@@H](NC(=O)CNC(=O)OC(C)(C)C)c2ccccc2)C1. The molecule has 2 amide bonds. The van der Waals surface area contributed by atoms with E-state index in [0.717, 1.165) is 24.8 Å². The van der Waals surface area contributed by atoms with Gasteiger partial charge >= 0.3 is 12.1 Å². The Balaban J connectivity index is 1.99. The van der Waals surface area contributed by atoms with E-state index in [4.69, 9.17) is 9.47 Å². The quantitative estimate of drug-likeness (QED) is 0.552. The molecule has 1 unspecified atom stereocenters. The van der Waals surface area contributed by atoms with Gasteiger partial charge in [0.1, 0.15) is 18.8 Å². The number of hydrogen-bond donors (Lipinski definition) is 2. The summed E-state index contributed by atoms with van der Waals surface area (Å²) in [5.74, 6) is 0.533. The van der Waals surface area contributed by atoms with Crippen LogP contribution in [0.2, 0.25) is 0 Å². The molecule has 1 aliphatic carbocycles. The van der Waals surface area contributed by atoms with Gasteiger partial charge in [0.25, 0.3) is 0 Å². The van der Waals surface area contributed by atoms with Gasteiger partial charge in [-0.25, -0.2) is 4.79 Å². The molecule has 2 N–H and O–H groups in total. The number of amides is 2. The van der Waals surface area contributed by atoms with E-state index in [9.17, 15) is 14.4 Å². The van der Waals surface area contributed by atoms with E-state index in [0.29, 0.717) is 17.8 Å². The van der Waals surface area contributed by atoms with E-state index < -0.39 is 23.6 Å². The van der Waals surface area contributed by atoms with Crippen molar-refractivity contribution in [1.29, 1.82) is 0 Å². The molecule has 2 rings (SSSR count). The van der Waals surface area contributed by atoms with Gasteiger partial charge in [-0.1, -0.05) is 57.5 Å². The van der Waals surface area contributed by atoms with E-state index in [1.165, 1.54) is 0 Å². The Morgan fingerprint density at radius 1 is 1.09 bits per heavy atom. The first-order valence-corrected chi connectivity index (χ1v) is 11.9. The molecule has 1 aromatic rings. The van der Waals surface area contributed by atoms with E-state index in [-0.39, 0.29) is 25.0 Å². The molecule has 0 heterocycles. The van der Waals surface area contributed by atoms with Gasteiger partial charge in [-0.05, 0) is 56.9 Å². The summed E-state index contributed by atoms with van der Waals surface area (Å²) >= 11 is 0. The minimum absolute atomic E-state index is 0.0384. The molecule has 0 bridgehead atoms. The van der Waals surface area contributed by atoms with Crippen molar-refractivity contribution in [2.45, 2.75) is 72.4 Å². The van der Waals surface area contributed by atoms with Crippen molar-refractivity contribution in [3.8, 4) is 0 Å². The molecule has 1 aromatic carbocycles. The van der Waals surface area contributed by atoms with Crippen LogP contribution in [-0.2, 0) is 19.1 Å². The number of ether oxygens (including phenoxy) is 2. The highest BCUT2D eigenvalue weighted by Crippen LogP contribution is 2.38. The van der Waals surface area contributed by atoms with Crippen LogP contribution in [0.15, 0.2) is 30.3 Å². The van der Waals surface area contributed by atoms with Gasteiger partial charge in [0.05, 0.1) is 12.0 Å². The molecular weight excluding hydrogens is 420 g/mol. The Kier molecular flexibility index (Phi) is 9.74. The zero-order valence-electron chi connectivity index (χ0n) is 20.9. The second-order valence-electron chi connectivity index (χ2n) is 10.4. The Bertz CT molecular complexity index is 788. The summed E-state index contributed by atoms with van der Waals surface area (Å²) in [6, 6.07) is 8.86. The Hall–Kier alpha value is -2.57. The Morgan fingerprint density at radius 3 is 2.36 bits per heavy atom. The lowest BCUT2D eigenvalue weighted by molar-refractivity contribution is -0.154. The third-order valence-electron chi connectivity index (χ3n) is 6.05. The number of hydrogen-bond acceptors (Lipinski definition) is 5. The number of rotatable bonds is 8. The van der Waals surface area contributed by atoms with Crippen LogP contribution in [-0.4, -0.2) is 36.7 Å². The number of esters is 1. The van der Waals surface area contributed by atoms with E-state index in [1.807, 2.05) is 30.3 Å². The molecule has 7 heteroatoms. The van der Waals surface area contributed by atoms with Crippen LogP contribution >= 0.6 is 0 Å². The smallest absolute Gasteiger partial charge is 0.408 e. The molecule has 184 valence electrons. The number of carbonyl (C=O) groups is 3. The van der Waals surface area contributed by atoms with E-state index in [1.54, 1.807) is 20.8 Å². The fraction of sp³-hybridized carbons (Fsp3) is 0.654. The summed E-state index contributed by atoms with van der Waals surface area (Å²) in [5.41, 5.74) is 0.180. The molecule has 33 heavy (non-hydrogen) atoms. The third-order valence-corrected chi connectivity index (χ3v) is 6.05. The van der Waals surface area contributed by atoms with Gasteiger partial charge in [0.2, 0.25) is 5.91 Å². The van der Waals surface area contributed by atoms with Crippen molar-refractivity contribution in [1.82, 2.24) is 10.6 Å². The van der Waals surface area contributed by atoms with Gasteiger partial charge in [-0.2, -0.15) is 0 Å². The Labute approximate surface area is 198 Å². The van der Waals surface area contributed by atoms with E-state index in [2.05, 4.69) is 31.4 Å². The van der Waals surface area contributed by atoms with Crippen molar-refractivity contribution in [3.63, 3.8) is 0 Å². The van der Waals surface area contributed by atoms with Crippen LogP contribution in [0.5, 0.6) is 0 Å². The minimum Gasteiger partial charge on any atom is -0.463 e. The molecule has 1 saturated carbocycles. The van der Waals surface area contributed by atoms with Crippen LogP contribution in [0.25, 0.3) is 0 Å². The molecule has 4 atom stereocenters. The van der Waals surface area contributed by atoms with Crippen molar-refractivity contribution >= 4 is 18.0 Å². The molecule has 0 saturated heterocycles. The Morgan fingerprint density at radius 2 is 1.76 bits per heavy atom. The maximum absolute atomic E-state index is 13.0. The summed E-state index contributed by atoms with van der Waals surface area (Å²) in [5, 5.41) is 5.32. The average Bonchev–Trinajstić information content (AvgIpc) is 2.74. The number of benzene rings is 1. The van der Waals surface area contributed by atoms with Crippen LogP contribution in [0.1, 0.15) is 72.4 Å². The van der Waals surface area contributed by atoms with Gasteiger partial charge in [-0.15, -0.1) is 0 Å². The average molecular weight is 461 g/mol. The molecule has 0 spiro atoms. The number of alkyl carbamates (subject to hydrolysis) is 1. The van der Waals surface area contributed by atoms with Crippen LogP contribution in [0.3, 0.4) is 0 Å². The highest BCUT2D eigenvalue weighted by Gasteiger charge is 2.36. The zero-order valence-corrected chi connectivity index (χ0v) is 20.9. The molecule has 0 aromatic heterocycles. The molecule has 0 aliphatic heterocycles. The second kappa shape index (κ2) is 12.1. The summed E-state index contributed by atoms with van der Waals surface area (Å²) in [4.78, 5) is 37.4. The van der Waals surface area contributed by atoms with Crippen molar-refractivity contribution in [2.24, 2.45) is 23.7 Å². The van der Waals surface area contributed by atoms with Crippen LogP contribution < -0.4 is 10.6 Å². The first kappa shape index (κ1) is 26.7. The number of carbonyl (C=O) groups excluding carboxylic acids is 3. The maximum atomic E-state index is 13.0. The largest absolute Gasteiger partial charge is 0.463 e. The standard InChI is InChI=1S/C26H40N2O5/c1-17(2)20-13-12-18(3)14-21(20)24(30)32-16-22(19-10-8-7-9-11-19)28-23(29)15-27-25(31)33-26(4,5)6/h7-11,17-18,20-22H,12-16H2,1-6H3,(H,27,31)(H,28,29)/t18?,20-,21+,22+/m0/s1. The van der Waals surface area contributed by atoms with Crippen LogP contribution in [0, 0.1) is 23.7 Å². The fourth-order valence-corrected chi connectivity index (χ4v) is 4.36. The fourth-order valence-electron chi connectivity index (χ4n) is 4.36. The lowest BCUT2D eigenvalue weighted by Gasteiger charge is -2.36. The number of nitrogens with one attached hydrogen (secondary N) is 2. The predicted octanol–water partition coefficient (Wildman–Crippen LogP) is 4.62. The minimum atomic E-state index is -0.661.